The Balaban J connectivity index is 4.26. The molecule has 0 aliphatic carbocycles. The maximum absolute atomic E-state index is 12.8. The molecule has 0 saturated carbocycles. The summed E-state index contributed by atoms with van der Waals surface area (Å²) in [5.74, 6) is 1.62. The molecule has 0 amide bonds. The summed E-state index contributed by atoms with van der Waals surface area (Å²) in [5, 5.41) is 0. The van der Waals surface area contributed by atoms with E-state index in [1.54, 1.807) is 0 Å². The van der Waals surface area contributed by atoms with Crippen molar-refractivity contribution in [1.29, 1.82) is 0 Å². The van der Waals surface area contributed by atoms with Gasteiger partial charge >= 0.3 is 17.9 Å². The van der Waals surface area contributed by atoms with Crippen LogP contribution in [-0.4, -0.2) is 37.2 Å². The monoisotopic (exact) mass is 877 g/mol. The molecule has 0 N–H and O–H groups in total. The van der Waals surface area contributed by atoms with Crippen molar-refractivity contribution in [3.63, 3.8) is 0 Å². The molecule has 0 fully saturated rings. The van der Waals surface area contributed by atoms with Crippen molar-refractivity contribution in [2.24, 2.45) is 17.8 Å². The summed E-state index contributed by atoms with van der Waals surface area (Å²) in [5.41, 5.74) is 0. The van der Waals surface area contributed by atoms with Crippen molar-refractivity contribution in [2.45, 2.75) is 311 Å². The molecule has 0 radical (unpaired) electrons. The third-order valence-corrected chi connectivity index (χ3v) is 12.6. The first-order valence-corrected chi connectivity index (χ1v) is 27.6. The molecule has 368 valence electrons. The highest BCUT2D eigenvalue weighted by atomic mass is 16.6. The lowest BCUT2D eigenvalue weighted by atomic mass is 10.0. The second-order valence-corrected chi connectivity index (χ2v) is 20.6. The summed E-state index contributed by atoms with van der Waals surface area (Å²) in [7, 11) is 0. The van der Waals surface area contributed by atoms with Crippen LogP contribution in [0.5, 0.6) is 0 Å². The van der Waals surface area contributed by atoms with Gasteiger partial charge in [0.05, 0.1) is 0 Å². The standard InChI is InChI=1S/C56H108O6/c1-50(2)42-36-30-24-19-15-11-8-7-9-13-18-22-28-35-41-47-56(59)62-53(49-61-55(58)46-40-34-29-23-26-32-38-44-52(5)6)48-60-54(57)45-39-33-27-21-17-14-10-12-16-20-25-31-37-43-51(3)4/h50-53H,7-49H2,1-6H3/t53-/m0/s1. The van der Waals surface area contributed by atoms with Crippen LogP contribution in [0.25, 0.3) is 0 Å². The molecule has 6 heteroatoms. The van der Waals surface area contributed by atoms with Crippen LogP contribution in [0, 0.1) is 17.8 Å². The molecule has 0 aromatic carbocycles. The number of carbonyl (C=O) groups excluding carboxylic acids is 3. The lowest BCUT2D eigenvalue weighted by molar-refractivity contribution is -0.167. The summed E-state index contributed by atoms with van der Waals surface area (Å²) in [4.78, 5) is 38.0. The van der Waals surface area contributed by atoms with Crippen molar-refractivity contribution in [2.75, 3.05) is 13.2 Å². The Morgan fingerprint density at radius 2 is 0.468 bits per heavy atom. The number of hydrogen-bond donors (Lipinski definition) is 0. The summed E-state index contributed by atoms with van der Waals surface area (Å²) in [6.45, 7) is 13.7. The minimum atomic E-state index is -0.763. The summed E-state index contributed by atoms with van der Waals surface area (Å²) < 4.78 is 16.8. The van der Waals surface area contributed by atoms with Gasteiger partial charge in [0.2, 0.25) is 0 Å². The van der Waals surface area contributed by atoms with Gasteiger partial charge in [-0.3, -0.25) is 14.4 Å². The molecule has 0 bridgehead atoms. The fourth-order valence-corrected chi connectivity index (χ4v) is 8.47. The van der Waals surface area contributed by atoms with E-state index in [0.29, 0.717) is 19.3 Å². The minimum Gasteiger partial charge on any atom is -0.462 e. The molecule has 0 saturated heterocycles. The largest absolute Gasteiger partial charge is 0.462 e. The Hall–Kier alpha value is -1.59. The molecule has 6 nitrogen and oxygen atoms in total. The van der Waals surface area contributed by atoms with E-state index < -0.39 is 6.10 Å². The maximum atomic E-state index is 12.8. The first-order valence-electron chi connectivity index (χ1n) is 27.6. The Kier molecular flexibility index (Phi) is 46.2. The van der Waals surface area contributed by atoms with Crippen LogP contribution in [-0.2, 0) is 28.6 Å². The molecular formula is C56H108O6. The molecule has 0 rings (SSSR count). The van der Waals surface area contributed by atoms with Crippen LogP contribution >= 0.6 is 0 Å². The molecule has 0 aromatic rings. The average Bonchev–Trinajstić information content (AvgIpc) is 3.23. The number of rotatable bonds is 49. The molecule has 0 spiro atoms. The predicted octanol–water partition coefficient (Wildman–Crippen LogP) is 17.9. The first-order chi connectivity index (χ1) is 30.1. The zero-order valence-electron chi connectivity index (χ0n) is 42.7. The molecule has 1 atom stereocenters. The zero-order valence-corrected chi connectivity index (χ0v) is 42.7. The summed E-state index contributed by atoms with van der Waals surface area (Å²) >= 11 is 0. The van der Waals surface area contributed by atoms with Crippen LogP contribution in [0.3, 0.4) is 0 Å². The number of ether oxygens (including phenoxy) is 3. The summed E-state index contributed by atoms with van der Waals surface area (Å²) in [6.07, 6.45) is 48.2. The Bertz CT molecular complexity index is 960. The highest BCUT2D eigenvalue weighted by Crippen LogP contribution is 2.18. The number of carbonyl (C=O) groups is 3. The minimum absolute atomic E-state index is 0.0644. The molecule has 0 aliphatic heterocycles. The Labute approximate surface area is 387 Å². The van der Waals surface area contributed by atoms with E-state index in [0.717, 1.165) is 75.5 Å². The molecule has 0 unspecified atom stereocenters. The fraction of sp³-hybridized carbons (Fsp3) is 0.946. The lowest BCUT2D eigenvalue weighted by Gasteiger charge is -2.18. The van der Waals surface area contributed by atoms with E-state index in [1.807, 2.05) is 0 Å². The average molecular weight is 877 g/mol. The number of hydrogen-bond acceptors (Lipinski definition) is 6. The van der Waals surface area contributed by atoms with Gasteiger partial charge in [0.15, 0.2) is 6.10 Å². The smallest absolute Gasteiger partial charge is 0.306 e. The molecule has 0 aromatic heterocycles. The van der Waals surface area contributed by atoms with E-state index in [-0.39, 0.29) is 31.1 Å². The van der Waals surface area contributed by atoms with Gasteiger partial charge in [-0.25, -0.2) is 0 Å². The van der Waals surface area contributed by atoms with Crippen molar-refractivity contribution in [1.82, 2.24) is 0 Å². The van der Waals surface area contributed by atoms with Crippen molar-refractivity contribution in [3.05, 3.63) is 0 Å². The Morgan fingerprint density at radius 1 is 0.274 bits per heavy atom. The van der Waals surface area contributed by atoms with Gasteiger partial charge in [-0.05, 0) is 37.0 Å². The van der Waals surface area contributed by atoms with Crippen molar-refractivity contribution >= 4 is 17.9 Å². The van der Waals surface area contributed by atoms with Gasteiger partial charge in [0.25, 0.3) is 0 Å². The molecule has 62 heavy (non-hydrogen) atoms. The van der Waals surface area contributed by atoms with Gasteiger partial charge < -0.3 is 14.2 Å². The number of unbranched alkanes of at least 4 members (excludes halogenated alkanes) is 32. The van der Waals surface area contributed by atoms with Gasteiger partial charge in [0, 0.05) is 19.3 Å². The first kappa shape index (κ1) is 60.4. The topological polar surface area (TPSA) is 78.9 Å². The van der Waals surface area contributed by atoms with Crippen molar-refractivity contribution < 1.29 is 28.6 Å². The molecule has 0 aliphatic rings. The van der Waals surface area contributed by atoms with Crippen LogP contribution in [0.2, 0.25) is 0 Å². The third kappa shape index (κ3) is 49.4. The third-order valence-electron chi connectivity index (χ3n) is 12.6. The lowest BCUT2D eigenvalue weighted by Crippen LogP contribution is -2.30. The Morgan fingerprint density at radius 3 is 0.694 bits per heavy atom. The van der Waals surface area contributed by atoms with Crippen LogP contribution < -0.4 is 0 Å². The summed E-state index contributed by atoms with van der Waals surface area (Å²) in [6, 6.07) is 0. The maximum Gasteiger partial charge on any atom is 0.306 e. The fourth-order valence-electron chi connectivity index (χ4n) is 8.47. The SMILES string of the molecule is CC(C)CCCCCCCCCCCCCCCCCC(=O)O[C@@H](COC(=O)CCCCCCCCCCCCCCCC(C)C)COC(=O)CCCCCCCCCC(C)C. The second-order valence-electron chi connectivity index (χ2n) is 20.6. The van der Waals surface area contributed by atoms with Crippen LogP contribution in [0.15, 0.2) is 0 Å². The highest BCUT2D eigenvalue weighted by Gasteiger charge is 2.19. The van der Waals surface area contributed by atoms with Gasteiger partial charge in [-0.2, -0.15) is 0 Å². The van der Waals surface area contributed by atoms with E-state index >= 15 is 0 Å². The van der Waals surface area contributed by atoms with Gasteiger partial charge in [-0.15, -0.1) is 0 Å². The highest BCUT2D eigenvalue weighted by molar-refractivity contribution is 5.71. The van der Waals surface area contributed by atoms with E-state index in [1.165, 1.54) is 186 Å². The van der Waals surface area contributed by atoms with Gasteiger partial charge in [-0.1, -0.05) is 266 Å². The molecular weight excluding hydrogens is 769 g/mol. The van der Waals surface area contributed by atoms with Crippen LogP contribution in [0.4, 0.5) is 0 Å². The van der Waals surface area contributed by atoms with E-state index in [4.69, 9.17) is 14.2 Å². The number of esters is 3. The van der Waals surface area contributed by atoms with E-state index in [2.05, 4.69) is 41.5 Å². The normalized spacial score (nSPS) is 12.1. The van der Waals surface area contributed by atoms with Crippen LogP contribution in [0.1, 0.15) is 305 Å². The predicted molar refractivity (Wildman–Crippen MR) is 266 cm³/mol. The quantitative estimate of drug-likeness (QED) is 0.0344. The van der Waals surface area contributed by atoms with Gasteiger partial charge in [0.1, 0.15) is 13.2 Å². The second kappa shape index (κ2) is 47.4. The van der Waals surface area contributed by atoms with E-state index in [9.17, 15) is 14.4 Å². The molecule has 0 heterocycles. The van der Waals surface area contributed by atoms with Crippen molar-refractivity contribution in [3.8, 4) is 0 Å². The zero-order chi connectivity index (χ0) is 45.6.